The molecule has 1 saturated heterocycles. The Bertz CT molecular complexity index is 552. The third-order valence-corrected chi connectivity index (χ3v) is 6.34. The minimum atomic E-state index is -0.00237. The molecule has 1 saturated carbocycles. The smallest absolute Gasteiger partial charge is 0.220 e. The minimum Gasteiger partial charge on any atom is -0.381 e. The van der Waals surface area contributed by atoms with Crippen LogP contribution in [0.3, 0.4) is 0 Å². The highest BCUT2D eigenvalue weighted by molar-refractivity contribution is 5.85. The Labute approximate surface area is 163 Å². The summed E-state index contributed by atoms with van der Waals surface area (Å²) in [6.45, 7) is 2.84. The molecule has 1 aliphatic carbocycles. The van der Waals surface area contributed by atoms with E-state index in [1.54, 1.807) is 0 Å². The maximum Gasteiger partial charge on any atom is 0.220 e. The van der Waals surface area contributed by atoms with Crippen molar-refractivity contribution in [2.24, 2.45) is 11.1 Å². The number of amides is 1. The minimum absolute atomic E-state index is 0. The summed E-state index contributed by atoms with van der Waals surface area (Å²) < 4.78 is 5.58. The van der Waals surface area contributed by atoms with Crippen LogP contribution in [-0.4, -0.2) is 32.2 Å². The van der Waals surface area contributed by atoms with Crippen molar-refractivity contribution >= 4 is 18.3 Å². The van der Waals surface area contributed by atoms with Gasteiger partial charge in [-0.15, -0.1) is 12.4 Å². The van der Waals surface area contributed by atoms with E-state index in [9.17, 15) is 4.79 Å². The van der Waals surface area contributed by atoms with Gasteiger partial charge in [0.25, 0.3) is 0 Å². The first-order valence-electron chi connectivity index (χ1n) is 9.78. The fraction of sp³-hybridized carbons (Fsp3) is 0.667. The Morgan fingerprint density at radius 3 is 2.31 bits per heavy atom. The number of rotatable bonds is 6. The average Bonchev–Trinajstić information content (AvgIpc) is 2.68. The molecule has 0 bridgehead atoms. The van der Waals surface area contributed by atoms with Crippen LogP contribution in [0.15, 0.2) is 30.3 Å². The van der Waals surface area contributed by atoms with Gasteiger partial charge < -0.3 is 15.8 Å². The van der Waals surface area contributed by atoms with Crippen LogP contribution in [0.2, 0.25) is 0 Å². The quantitative estimate of drug-likeness (QED) is 0.792. The third kappa shape index (κ3) is 4.99. The van der Waals surface area contributed by atoms with Crippen LogP contribution >= 0.6 is 12.4 Å². The lowest BCUT2D eigenvalue weighted by Crippen LogP contribution is -2.46. The Balaban J connectivity index is 0.00000243. The van der Waals surface area contributed by atoms with Crippen molar-refractivity contribution in [2.75, 3.05) is 26.3 Å². The number of carbonyl (C=O) groups is 1. The predicted octanol–water partition coefficient (Wildman–Crippen LogP) is 3.57. The lowest BCUT2D eigenvalue weighted by molar-refractivity contribution is -0.124. The fourth-order valence-electron chi connectivity index (χ4n) is 4.55. The normalized spacial score (nSPS) is 21.4. The number of nitrogens with one attached hydrogen (secondary N) is 1. The van der Waals surface area contributed by atoms with Gasteiger partial charge >= 0.3 is 0 Å². The zero-order valence-corrected chi connectivity index (χ0v) is 16.5. The van der Waals surface area contributed by atoms with Gasteiger partial charge in [0.2, 0.25) is 5.91 Å². The van der Waals surface area contributed by atoms with Gasteiger partial charge in [-0.25, -0.2) is 0 Å². The molecule has 0 spiro atoms. The van der Waals surface area contributed by atoms with Crippen molar-refractivity contribution in [2.45, 2.75) is 56.8 Å². The monoisotopic (exact) mass is 380 g/mol. The molecular formula is C21H33ClN2O2. The van der Waals surface area contributed by atoms with Crippen LogP contribution in [0.4, 0.5) is 0 Å². The molecule has 26 heavy (non-hydrogen) atoms. The molecule has 2 aliphatic rings. The van der Waals surface area contributed by atoms with Crippen molar-refractivity contribution in [1.29, 1.82) is 0 Å². The molecule has 1 heterocycles. The van der Waals surface area contributed by atoms with Gasteiger partial charge in [0, 0.05) is 31.6 Å². The fourth-order valence-corrected chi connectivity index (χ4v) is 4.55. The molecule has 1 aromatic rings. The van der Waals surface area contributed by atoms with Crippen LogP contribution in [0.25, 0.3) is 0 Å². The molecule has 1 aromatic carbocycles. The van der Waals surface area contributed by atoms with Crippen LogP contribution in [-0.2, 0) is 14.9 Å². The lowest BCUT2D eigenvalue weighted by Gasteiger charge is -2.39. The van der Waals surface area contributed by atoms with Crippen LogP contribution < -0.4 is 11.1 Å². The summed E-state index contributed by atoms with van der Waals surface area (Å²) in [5, 5.41) is 3.25. The first kappa shape index (κ1) is 21.2. The summed E-state index contributed by atoms with van der Waals surface area (Å²) in [6.07, 6.45) is 8.36. The number of hydrogen-bond acceptors (Lipinski definition) is 3. The van der Waals surface area contributed by atoms with E-state index >= 15 is 0 Å². The van der Waals surface area contributed by atoms with Gasteiger partial charge in [-0.2, -0.15) is 0 Å². The zero-order chi connectivity index (χ0) is 17.6. The van der Waals surface area contributed by atoms with Gasteiger partial charge in [0.05, 0.1) is 0 Å². The lowest BCUT2D eigenvalue weighted by atomic mass is 9.71. The van der Waals surface area contributed by atoms with Gasteiger partial charge in [-0.1, -0.05) is 49.6 Å². The van der Waals surface area contributed by atoms with Gasteiger partial charge in [0.15, 0.2) is 0 Å². The predicted molar refractivity (Wildman–Crippen MR) is 108 cm³/mol. The van der Waals surface area contributed by atoms with Crippen molar-refractivity contribution in [1.82, 2.24) is 5.32 Å². The highest BCUT2D eigenvalue weighted by Gasteiger charge is 2.36. The number of halogens is 1. The largest absolute Gasteiger partial charge is 0.381 e. The van der Waals surface area contributed by atoms with Gasteiger partial charge in [0.1, 0.15) is 0 Å². The highest BCUT2D eigenvalue weighted by Crippen LogP contribution is 2.39. The maximum absolute atomic E-state index is 12.7. The molecule has 0 atom stereocenters. The number of nitrogens with two attached hydrogens (primary N) is 1. The van der Waals surface area contributed by atoms with Gasteiger partial charge in [-0.3, -0.25) is 4.79 Å². The second-order valence-corrected chi connectivity index (χ2v) is 7.98. The van der Waals surface area contributed by atoms with E-state index in [-0.39, 0.29) is 29.1 Å². The van der Waals surface area contributed by atoms with E-state index < -0.39 is 0 Å². The second-order valence-electron chi connectivity index (χ2n) is 7.98. The zero-order valence-electron chi connectivity index (χ0n) is 15.7. The van der Waals surface area contributed by atoms with E-state index in [0.717, 1.165) is 38.9 Å². The topological polar surface area (TPSA) is 64.4 Å². The average molecular weight is 381 g/mol. The third-order valence-electron chi connectivity index (χ3n) is 6.34. The summed E-state index contributed by atoms with van der Waals surface area (Å²) in [5.74, 6) is 0.161. The number of hydrogen-bond donors (Lipinski definition) is 2. The van der Waals surface area contributed by atoms with Crippen LogP contribution in [0.1, 0.15) is 56.9 Å². The molecule has 2 fully saturated rings. The molecule has 146 valence electrons. The summed E-state index contributed by atoms with van der Waals surface area (Å²) in [4.78, 5) is 12.7. The molecule has 3 rings (SSSR count). The Kier molecular flexibility index (Phi) is 7.93. The van der Waals surface area contributed by atoms with Crippen molar-refractivity contribution < 1.29 is 9.53 Å². The van der Waals surface area contributed by atoms with E-state index in [4.69, 9.17) is 10.5 Å². The van der Waals surface area contributed by atoms with Crippen LogP contribution in [0.5, 0.6) is 0 Å². The van der Waals surface area contributed by atoms with Gasteiger partial charge in [-0.05, 0) is 43.2 Å². The highest BCUT2D eigenvalue weighted by atomic mass is 35.5. The maximum atomic E-state index is 12.7. The SMILES string of the molecule is Cl.NCC1(CC(=O)NCC2(c3ccccc3)CCOCC2)CCCCC1. The molecule has 0 unspecified atom stereocenters. The Hall–Kier alpha value is -1.10. The van der Waals surface area contributed by atoms with Crippen LogP contribution in [0, 0.1) is 5.41 Å². The molecule has 1 amide bonds. The summed E-state index contributed by atoms with van der Waals surface area (Å²) in [6, 6.07) is 10.6. The molecule has 3 N–H and O–H groups in total. The van der Waals surface area contributed by atoms with E-state index in [1.807, 2.05) is 6.07 Å². The van der Waals surface area contributed by atoms with Crippen molar-refractivity contribution in [3.63, 3.8) is 0 Å². The molecule has 0 radical (unpaired) electrons. The molecule has 5 heteroatoms. The number of ether oxygens (including phenoxy) is 1. The summed E-state index contributed by atoms with van der Waals surface area (Å²) >= 11 is 0. The first-order valence-corrected chi connectivity index (χ1v) is 9.78. The Morgan fingerprint density at radius 2 is 1.69 bits per heavy atom. The molecular weight excluding hydrogens is 348 g/mol. The molecule has 0 aromatic heterocycles. The number of carbonyl (C=O) groups excluding carboxylic acids is 1. The van der Waals surface area contributed by atoms with E-state index in [1.165, 1.54) is 24.8 Å². The van der Waals surface area contributed by atoms with E-state index in [0.29, 0.717) is 19.5 Å². The Morgan fingerprint density at radius 1 is 1.04 bits per heavy atom. The molecule has 1 aliphatic heterocycles. The summed E-state index contributed by atoms with van der Waals surface area (Å²) in [7, 11) is 0. The number of benzene rings is 1. The molecule has 4 nitrogen and oxygen atoms in total. The van der Waals surface area contributed by atoms with E-state index in [2.05, 4.69) is 29.6 Å². The first-order chi connectivity index (χ1) is 12.2. The second kappa shape index (κ2) is 9.72. The summed E-state index contributed by atoms with van der Waals surface area (Å²) in [5.41, 5.74) is 7.38. The van der Waals surface area contributed by atoms with Crippen molar-refractivity contribution in [3.05, 3.63) is 35.9 Å². The van der Waals surface area contributed by atoms with Crippen molar-refractivity contribution in [3.8, 4) is 0 Å². The standard InChI is InChI=1S/C21H32N2O2.ClH/c22-16-20(9-5-2-6-10-20)15-19(24)23-17-21(11-13-25-14-12-21)18-7-3-1-4-8-18;/h1,3-4,7-8H,2,5-6,9-17,22H2,(H,23,24);1H.